The summed E-state index contributed by atoms with van der Waals surface area (Å²) in [6.07, 6.45) is 5.03. The Hall–Kier alpha value is -2.77. The van der Waals surface area contributed by atoms with E-state index in [1.807, 2.05) is 31.2 Å². The topological polar surface area (TPSA) is 90.5 Å². The highest BCUT2D eigenvalue weighted by Gasteiger charge is 2.11. The number of hydrogen-bond acceptors (Lipinski definition) is 7. The number of nitrogen functional groups attached to an aromatic ring is 1. The highest BCUT2D eigenvalue weighted by molar-refractivity contribution is 7.99. The number of fused-ring (bicyclic) bond motifs is 1. The molecule has 2 N–H and O–H groups in total. The smallest absolute Gasteiger partial charge is 0.182 e. The summed E-state index contributed by atoms with van der Waals surface area (Å²) < 4.78 is 0. The number of benzene rings is 1. The highest BCUT2D eigenvalue weighted by Crippen LogP contribution is 2.33. The van der Waals surface area contributed by atoms with Crippen LogP contribution in [0.1, 0.15) is 5.69 Å². The van der Waals surface area contributed by atoms with Gasteiger partial charge in [-0.15, -0.1) is 0 Å². The quantitative estimate of drug-likeness (QED) is 0.570. The normalized spacial score (nSPS) is 11.0. The van der Waals surface area contributed by atoms with Crippen LogP contribution in [0.15, 0.2) is 58.8 Å². The molecule has 0 unspecified atom stereocenters. The second-order valence-electron chi connectivity index (χ2n) is 5.55. The van der Waals surface area contributed by atoms with Crippen LogP contribution >= 0.6 is 23.4 Å². The summed E-state index contributed by atoms with van der Waals surface area (Å²) >= 11 is 7.64. The molecule has 3 heterocycles. The molecule has 0 radical (unpaired) electrons. The van der Waals surface area contributed by atoms with E-state index in [0.29, 0.717) is 22.4 Å². The summed E-state index contributed by atoms with van der Waals surface area (Å²) in [5.74, 6) is 0.845. The minimum absolute atomic E-state index is 0.391. The van der Waals surface area contributed by atoms with E-state index in [0.717, 1.165) is 26.5 Å². The molecule has 1 aromatic carbocycles. The van der Waals surface area contributed by atoms with Crippen molar-refractivity contribution >= 4 is 40.1 Å². The maximum absolute atomic E-state index is 6.18. The fourth-order valence-corrected chi connectivity index (χ4v) is 3.43. The number of pyridine rings is 1. The molecule has 0 saturated carbocycles. The third-order valence-corrected chi connectivity index (χ3v) is 5.07. The van der Waals surface area contributed by atoms with Crippen molar-refractivity contribution in [2.75, 3.05) is 5.73 Å². The van der Waals surface area contributed by atoms with Crippen LogP contribution in [0.4, 0.5) is 5.82 Å². The molecule has 0 bridgehead atoms. The minimum atomic E-state index is 0.391. The van der Waals surface area contributed by atoms with Gasteiger partial charge < -0.3 is 5.73 Å². The summed E-state index contributed by atoms with van der Waals surface area (Å²) in [6.45, 7) is 1.87. The lowest BCUT2D eigenvalue weighted by molar-refractivity contribution is 1.09. The van der Waals surface area contributed by atoms with Crippen molar-refractivity contribution in [1.29, 1.82) is 0 Å². The number of aryl methyl sites for hydroxylation is 1. The molecule has 0 spiro atoms. The Morgan fingerprint density at radius 2 is 1.92 bits per heavy atom. The van der Waals surface area contributed by atoms with Gasteiger partial charge in [0.25, 0.3) is 0 Å². The Morgan fingerprint density at radius 3 is 2.69 bits per heavy atom. The Bertz CT molecular complexity index is 1100. The van der Waals surface area contributed by atoms with Gasteiger partial charge in [-0.2, -0.15) is 0 Å². The molecule has 0 aliphatic heterocycles. The molecule has 0 fully saturated rings. The Balaban J connectivity index is 1.73. The van der Waals surface area contributed by atoms with Crippen molar-refractivity contribution in [3.8, 4) is 11.5 Å². The van der Waals surface area contributed by atoms with Crippen LogP contribution in [0.3, 0.4) is 0 Å². The molecule has 0 amide bonds. The molecule has 26 heavy (non-hydrogen) atoms. The van der Waals surface area contributed by atoms with Gasteiger partial charge in [-0.05, 0) is 37.3 Å². The van der Waals surface area contributed by atoms with Crippen molar-refractivity contribution in [2.24, 2.45) is 0 Å². The van der Waals surface area contributed by atoms with Gasteiger partial charge in [-0.1, -0.05) is 23.4 Å². The van der Waals surface area contributed by atoms with Crippen molar-refractivity contribution in [3.63, 3.8) is 0 Å². The van der Waals surface area contributed by atoms with Gasteiger partial charge >= 0.3 is 0 Å². The predicted octanol–water partition coefficient (Wildman–Crippen LogP) is 4.18. The first-order valence-corrected chi connectivity index (χ1v) is 8.94. The van der Waals surface area contributed by atoms with E-state index in [-0.39, 0.29) is 0 Å². The molecule has 0 aliphatic rings. The van der Waals surface area contributed by atoms with Gasteiger partial charge in [0.15, 0.2) is 5.82 Å². The standard InChI is InChI=1S/C18H13ClN6S/c1-10-8-23-15(9-22-10)17-24-14-5-4-11(7-12(14)16(20)25-17)26-18-13(19)3-2-6-21-18/h2-9H,1H3,(H2,20,24,25). The van der Waals surface area contributed by atoms with E-state index in [9.17, 15) is 0 Å². The highest BCUT2D eigenvalue weighted by atomic mass is 35.5. The molecule has 4 rings (SSSR count). The second kappa shape index (κ2) is 6.86. The van der Waals surface area contributed by atoms with E-state index in [1.54, 1.807) is 24.7 Å². The van der Waals surface area contributed by atoms with Gasteiger partial charge in [0.05, 0.1) is 22.4 Å². The van der Waals surface area contributed by atoms with E-state index in [1.165, 1.54) is 11.8 Å². The Kier molecular flexibility index (Phi) is 4.40. The molecule has 0 atom stereocenters. The van der Waals surface area contributed by atoms with E-state index < -0.39 is 0 Å². The van der Waals surface area contributed by atoms with Crippen molar-refractivity contribution in [3.05, 3.63) is 59.6 Å². The molecule has 0 saturated heterocycles. The third-order valence-electron chi connectivity index (χ3n) is 3.65. The number of aromatic nitrogens is 5. The average molecular weight is 381 g/mol. The lowest BCUT2D eigenvalue weighted by atomic mass is 10.2. The maximum Gasteiger partial charge on any atom is 0.182 e. The monoisotopic (exact) mass is 380 g/mol. The number of nitrogens with zero attached hydrogens (tertiary/aromatic N) is 5. The molecule has 128 valence electrons. The second-order valence-corrected chi connectivity index (χ2v) is 7.02. The molecule has 0 aliphatic carbocycles. The van der Waals surface area contributed by atoms with Crippen molar-refractivity contribution in [1.82, 2.24) is 24.9 Å². The van der Waals surface area contributed by atoms with Crippen LogP contribution in [0, 0.1) is 6.92 Å². The van der Waals surface area contributed by atoms with Gasteiger partial charge in [0.2, 0.25) is 0 Å². The van der Waals surface area contributed by atoms with Crippen molar-refractivity contribution in [2.45, 2.75) is 16.8 Å². The van der Waals surface area contributed by atoms with E-state index >= 15 is 0 Å². The molecule has 3 aromatic heterocycles. The van der Waals surface area contributed by atoms with Crippen LogP contribution < -0.4 is 5.73 Å². The Morgan fingerprint density at radius 1 is 1.04 bits per heavy atom. The van der Waals surface area contributed by atoms with Gasteiger partial charge in [-0.3, -0.25) is 4.98 Å². The molecular formula is C18H13ClN6S. The molecular weight excluding hydrogens is 368 g/mol. The summed E-state index contributed by atoms with van der Waals surface area (Å²) in [5, 5.41) is 2.11. The van der Waals surface area contributed by atoms with Gasteiger partial charge in [0.1, 0.15) is 16.5 Å². The van der Waals surface area contributed by atoms with Crippen LogP contribution in [0.25, 0.3) is 22.4 Å². The number of nitrogens with two attached hydrogens (primary N) is 1. The zero-order valence-electron chi connectivity index (χ0n) is 13.7. The number of hydrogen-bond donors (Lipinski definition) is 1. The van der Waals surface area contributed by atoms with Crippen molar-refractivity contribution < 1.29 is 0 Å². The zero-order valence-corrected chi connectivity index (χ0v) is 15.3. The fraction of sp³-hybridized carbons (Fsp3) is 0.0556. The number of halogens is 1. The molecule has 4 aromatic rings. The van der Waals surface area contributed by atoms with E-state index in [4.69, 9.17) is 17.3 Å². The van der Waals surface area contributed by atoms with Crippen LogP contribution in [-0.4, -0.2) is 24.9 Å². The Labute approximate surface area is 158 Å². The minimum Gasteiger partial charge on any atom is -0.383 e. The van der Waals surface area contributed by atoms with Crippen LogP contribution in [0.2, 0.25) is 5.02 Å². The maximum atomic E-state index is 6.18. The fourth-order valence-electron chi connectivity index (χ4n) is 2.38. The van der Waals surface area contributed by atoms with Crippen LogP contribution in [0.5, 0.6) is 0 Å². The van der Waals surface area contributed by atoms with Crippen LogP contribution in [-0.2, 0) is 0 Å². The molecule has 8 heteroatoms. The number of rotatable bonds is 3. The summed E-state index contributed by atoms with van der Waals surface area (Å²) in [4.78, 5) is 22.7. The SMILES string of the molecule is Cc1cnc(-c2nc(N)c3cc(Sc4ncccc4Cl)ccc3n2)cn1. The molecule has 6 nitrogen and oxygen atoms in total. The number of anilines is 1. The summed E-state index contributed by atoms with van der Waals surface area (Å²) in [6, 6.07) is 9.40. The average Bonchev–Trinajstić information content (AvgIpc) is 2.64. The lowest BCUT2D eigenvalue weighted by Gasteiger charge is -2.07. The predicted molar refractivity (Wildman–Crippen MR) is 103 cm³/mol. The summed E-state index contributed by atoms with van der Waals surface area (Å²) in [5.41, 5.74) is 8.33. The zero-order chi connectivity index (χ0) is 18.1. The lowest BCUT2D eigenvalue weighted by Crippen LogP contribution is -2.00. The largest absolute Gasteiger partial charge is 0.383 e. The van der Waals surface area contributed by atoms with E-state index in [2.05, 4.69) is 24.9 Å². The third kappa shape index (κ3) is 3.31. The van der Waals surface area contributed by atoms with Gasteiger partial charge in [-0.25, -0.2) is 19.9 Å². The van der Waals surface area contributed by atoms with Gasteiger partial charge in [0, 0.05) is 22.7 Å². The first kappa shape index (κ1) is 16.7. The summed E-state index contributed by atoms with van der Waals surface area (Å²) in [7, 11) is 0. The first-order chi connectivity index (χ1) is 12.6. The first-order valence-electron chi connectivity index (χ1n) is 7.75.